The maximum absolute atomic E-state index is 2.72. The molecule has 0 nitrogen and oxygen atoms in total. The number of hydrogen-bond donors (Lipinski definition) is 0. The normalized spacial score (nSPS) is 16.8. The molecular formula is C44H53HfSi. The summed E-state index contributed by atoms with van der Waals surface area (Å²) in [6, 6.07) is 24.2. The molecule has 0 aliphatic heterocycles. The van der Waals surface area contributed by atoms with Gasteiger partial charge >= 0.3 is 290 Å². The van der Waals surface area contributed by atoms with Gasteiger partial charge in [-0.05, 0) is 0 Å². The molecule has 0 heterocycles. The molecule has 2 atom stereocenters. The first-order chi connectivity index (χ1) is 22.0. The molecule has 0 spiro atoms. The summed E-state index contributed by atoms with van der Waals surface area (Å²) in [5.41, 5.74) is 24.1. The molecule has 0 saturated heterocycles. The molecule has 237 valence electrons. The number of rotatable bonds is 9. The molecule has 2 aliphatic carbocycles. The van der Waals surface area contributed by atoms with Crippen LogP contribution in [0.4, 0.5) is 0 Å². The van der Waals surface area contributed by atoms with Gasteiger partial charge in [-0.3, -0.25) is 0 Å². The number of allylic oxidation sites excluding steroid dienone is 2. The second-order valence-corrected chi connectivity index (χ2v) is 42.5. The van der Waals surface area contributed by atoms with Gasteiger partial charge < -0.3 is 0 Å². The van der Waals surface area contributed by atoms with Crippen LogP contribution >= 0.6 is 0 Å². The molecular weight excluding hydrogens is 735 g/mol. The number of hydrogen-bond acceptors (Lipinski definition) is 0. The van der Waals surface area contributed by atoms with Crippen molar-refractivity contribution in [3.05, 3.63) is 127 Å². The fourth-order valence-electron chi connectivity index (χ4n) is 8.67. The van der Waals surface area contributed by atoms with Crippen LogP contribution in [0.2, 0.25) is 13.1 Å². The van der Waals surface area contributed by atoms with Gasteiger partial charge in [-0.15, -0.1) is 0 Å². The number of fused-ring (bicyclic) bond motifs is 2. The average Bonchev–Trinajstić information content (AvgIpc) is 3.55. The van der Waals surface area contributed by atoms with Crippen LogP contribution in [0.25, 0.3) is 34.4 Å². The third-order valence-electron chi connectivity index (χ3n) is 10.9. The quantitative estimate of drug-likeness (QED) is 0.148. The zero-order valence-corrected chi connectivity index (χ0v) is 34.7. The molecule has 2 unspecified atom stereocenters. The molecule has 46 heavy (non-hydrogen) atoms. The van der Waals surface area contributed by atoms with E-state index in [4.69, 9.17) is 0 Å². The summed E-state index contributed by atoms with van der Waals surface area (Å²) < 4.78 is 1.39. The Hall–Kier alpha value is -2.55. The molecule has 2 aliphatic rings. The van der Waals surface area contributed by atoms with Gasteiger partial charge in [0.05, 0.1) is 0 Å². The summed E-state index contributed by atoms with van der Waals surface area (Å²) >= 11 is -2.41. The summed E-state index contributed by atoms with van der Waals surface area (Å²) in [4.78, 5) is 0. The Kier molecular flexibility index (Phi) is 9.80. The summed E-state index contributed by atoms with van der Waals surface area (Å²) in [7, 11) is 0. The minimum atomic E-state index is -2.41. The predicted molar refractivity (Wildman–Crippen MR) is 202 cm³/mol. The van der Waals surface area contributed by atoms with Crippen molar-refractivity contribution in [1.29, 1.82) is 0 Å². The Balaban J connectivity index is 1.54. The van der Waals surface area contributed by atoms with Crippen LogP contribution in [0.3, 0.4) is 0 Å². The summed E-state index contributed by atoms with van der Waals surface area (Å²) in [5.74, 6) is -0.936. The first-order valence-electron chi connectivity index (χ1n) is 17.7. The molecule has 6 rings (SSSR count). The van der Waals surface area contributed by atoms with Crippen molar-refractivity contribution >= 4 is 18.1 Å². The topological polar surface area (TPSA) is 0 Å². The van der Waals surface area contributed by atoms with Gasteiger partial charge in [0, 0.05) is 0 Å². The van der Waals surface area contributed by atoms with E-state index in [9.17, 15) is 0 Å². The second-order valence-electron chi connectivity index (χ2n) is 14.6. The van der Waals surface area contributed by atoms with Gasteiger partial charge in [-0.25, -0.2) is 0 Å². The van der Waals surface area contributed by atoms with Crippen molar-refractivity contribution in [2.24, 2.45) is 0 Å². The van der Waals surface area contributed by atoms with Crippen LogP contribution in [-0.2, 0) is 20.6 Å². The van der Waals surface area contributed by atoms with Gasteiger partial charge in [-0.2, -0.15) is 0 Å². The molecule has 0 radical (unpaired) electrons. The van der Waals surface area contributed by atoms with E-state index >= 15 is 0 Å². The van der Waals surface area contributed by atoms with E-state index in [2.05, 4.69) is 141 Å². The molecule has 0 amide bonds. The van der Waals surface area contributed by atoms with Crippen LogP contribution < -0.4 is 0 Å². The second kappa shape index (κ2) is 13.5. The van der Waals surface area contributed by atoms with Crippen LogP contribution in [-0.4, -0.2) is 5.98 Å². The fourth-order valence-corrected chi connectivity index (χ4v) is 41.1. The SMILES string of the molecule is CCCC1=Cc2c(-c3cc(C)cc(C)c3C)cccc2[CH]1[Hf]([CH]1C(CCC)=Cc2c(-c3cc(C)cc(C)c3C)cccc21)[SiH](C)C. The van der Waals surface area contributed by atoms with Crippen LogP contribution in [0.15, 0.2) is 71.8 Å². The van der Waals surface area contributed by atoms with Gasteiger partial charge in [0.15, 0.2) is 0 Å². The first-order valence-corrected chi connectivity index (χ1v) is 31.0. The molecule has 0 bridgehead atoms. The summed E-state index contributed by atoms with van der Waals surface area (Å²) in [5, 5.41) is 0. The van der Waals surface area contributed by atoms with Crippen LogP contribution in [0.5, 0.6) is 0 Å². The number of aryl methyl sites for hydroxylation is 4. The number of benzene rings is 4. The van der Waals surface area contributed by atoms with Gasteiger partial charge in [0.2, 0.25) is 0 Å². The Morgan fingerprint density at radius 3 is 1.35 bits per heavy atom. The zero-order chi connectivity index (χ0) is 32.9. The predicted octanol–water partition coefficient (Wildman–Crippen LogP) is 12.6. The van der Waals surface area contributed by atoms with E-state index in [1.165, 1.54) is 81.3 Å². The summed E-state index contributed by atoms with van der Waals surface area (Å²) in [6.45, 7) is 23.9. The first kappa shape index (κ1) is 33.4. The molecule has 0 fully saturated rings. The molecule has 0 aromatic heterocycles. The molecule has 2 heteroatoms. The van der Waals surface area contributed by atoms with E-state index in [-0.39, 0.29) is 0 Å². The van der Waals surface area contributed by atoms with Gasteiger partial charge in [0.1, 0.15) is 0 Å². The maximum atomic E-state index is 2.72. The van der Waals surface area contributed by atoms with Crippen molar-refractivity contribution in [3.63, 3.8) is 0 Å². The molecule has 4 aromatic rings. The van der Waals surface area contributed by atoms with Crippen LogP contribution in [0, 0.1) is 41.5 Å². The standard InChI is InChI=1S/2C21H23.C2H7Si.Hf/c2*1-5-7-17-12-18-8-6-9-19(21(18)13-17)20-11-14(2)10-15(3)16(20)4;1-3-2;/h2*6,8-13H,5,7H2,1-4H3;3H,1-2H3;. The average molecular weight is 788 g/mol. The Morgan fingerprint density at radius 1 is 0.565 bits per heavy atom. The Morgan fingerprint density at radius 2 is 0.978 bits per heavy atom. The van der Waals surface area contributed by atoms with Gasteiger partial charge in [-0.1, -0.05) is 0 Å². The fraction of sp³-hybridized carbons (Fsp3) is 0.364. The molecule has 0 N–H and O–H groups in total. The Bertz CT molecular complexity index is 1740. The van der Waals surface area contributed by atoms with Crippen molar-refractivity contribution in [3.8, 4) is 22.3 Å². The van der Waals surface area contributed by atoms with Gasteiger partial charge in [0.25, 0.3) is 0 Å². The van der Waals surface area contributed by atoms with Crippen molar-refractivity contribution in [2.75, 3.05) is 0 Å². The van der Waals surface area contributed by atoms with E-state index in [0.717, 1.165) is 0 Å². The van der Waals surface area contributed by atoms with Crippen molar-refractivity contribution in [2.45, 2.75) is 102 Å². The monoisotopic (exact) mass is 789 g/mol. The third kappa shape index (κ3) is 5.87. The van der Waals surface area contributed by atoms with Crippen molar-refractivity contribution < 1.29 is 20.6 Å². The van der Waals surface area contributed by atoms with E-state index in [1.807, 2.05) is 0 Å². The summed E-state index contributed by atoms with van der Waals surface area (Å²) in [6.07, 6.45) is 10.3. The Labute approximate surface area is 288 Å². The zero-order valence-electron chi connectivity index (χ0n) is 30.0. The minimum absolute atomic E-state index is 0.695. The van der Waals surface area contributed by atoms with E-state index in [1.54, 1.807) is 33.4 Å². The third-order valence-corrected chi connectivity index (χ3v) is 41.8. The van der Waals surface area contributed by atoms with Crippen LogP contribution in [0.1, 0.15) is 103 Å². The van der Waals surface area contributed by atoms with Crippen molar-refractivity contribution in [1.82, 2.24) is 0 Å². The van der Waals surface area contributed by atoms with E-state index < -0.39 is 26.6 Å². The molecule has 0 saturated carbocycles. The molecule has 4 aromatic carbocycles. The van der Waals surface area contributed by atoms with E-state index in [0.29, 0.717) is 7.35 Å².